The van der Waals surface area contributed by atoms with E-state index in [9.17, 15) is 19.5 Å². The number of carbonyl (C=O) groups is 3. The number of thioether (sulfide) groups is 1. The van der Waals surface area contributed by atoms with Gasteiger partial charge in [0.1, 0.15) is 34.5 Å². The zero-order valence-electron chi connectivity index (χ0n) is 16.7. The Morgan fingerprint density at radius 3 is 2.48 bits per heavy atom. The van der Waals surface area contributed by atoms with Crippen molar-refractivity contribution < 1.29 is 24.0 Å². The Morgan fingerprint density at radius 1 is 1.29 bits per heavy atom. The molecule has 0 unspecified atom stereocenters. The molecule has 31 heavy (non-hydrogen) atoms. The summed E-state index contributed by atoms with van der Waals surface area (Å²) in [6, 6.07) is 3.09. The molecule has 0 spiro atoms. The van der Waals surface area contributed by atoms with Crippen LogP contribution in [0.15, 0.2) is 22.7 Å². The normalized spacial score (nSPS) is 23.6. The van der Waals surface area contributed by atoms with E-state index in [1.807, 2.05) is 0 Å². The Morgan fingerprint density at radius 2 is 1.90 bits per heavy atom. The first-order valence-electron chi connectivity index (χ1n) is 8.99. The van der Waals surface area contributed by atoms with Crippen LogP contribution in [0.1, 0.15) is 30.0 Å². The number of nitrogens with one attached hydrogen (secondary N) is 1. The number of aliphatic carboxylic acids is 1. The minimum atomic E-state index is -1.07. The van der Waals surface area contributed by atoms with Crippen LogP contribution in [0.5, 0.6) is 0 Å². The Labute approximate surface area is 202 Å². The topological polar surface area (TPSA) is 113 Å². The first kappa shape index (κ1) is 24.0. The van der Waals surface area contributed by atoms with E-state index in [0.717, 1.165) is 0 Å². The number of carboxylic acids is 1. The summed E-state index contributed by atoms with van der Waals surface area (Å²) in [5.41, 5.74) is 0.645. The third-order valence-corrected chi connectivity index (χ3v) is 7.45. The van der Waals surface area contributed by atoms with Crippen LogP contribution >= 0.6 is 35.0 Å². The number of hydrogen-bond donors (Lipinski definition) is 2. The maximum absolute atomic E-state index is 13.1. The second-order valence-electron chi connectivity index (χ2n) is 7.61. The molecule has 0 aliphatic carbocycles. The average Bonchev–Trinajstić information content (AvgIpc) is 3.14. The van der Waals surface area contributed by atoms with Gasteiger partial charge in [0, 0.05) is 10.3 Å². The van der Waals surface area contributed by atoms with Gasteiger partial charge < -0.3 is 19.8 Å². The number of amides is 2. The third-order valence-electron chi connectivity index (χ3n) is 5.25. The van der Waals surface area contributed by atoms with Crippen LogP contribution in [0.2, 0.25) is 10.0 Å². The molecule has 3 heterocycles. The molecule has 2 N–H and O–H groups in total. The number of nitrogens with zero attached hydrogens (tertiary/aromatic N) is 2. The number of benzene rings is 1. The monoisotopic (exact) mass is 496 g/mol. The minimum Gasteiger partial charge on any atom is -0.480 e. The van der Waals surface area contributed by atoms with E-state index in [4.69, 9.17) is 27.7 Å². The van der Waals surface area contributed by atoms with Crippen molar-refractivity contribution in [3.63, 3.8) is 0 Å². The van der Waals surface area contributed by atoms with Crippen molar-refractivity contribution in [3.05, 3.63) is 39.6 Å². The van der Waals surface area contributed by atoms with E-state index in [1.54, 1.807) is 39.0 Å². The molecule has 2 aromatic rings. The predicted octanol–water partition coefficient (Wildman–Crippen LogP) is 2.82. The van der Waals surface area contributed by atoms with Crippen LogP contribution in [0.25, 0.3) is 11.3 Å². The predicted molar refractivity (Wildman–Crippen MR) is 117 cm³/mol. The van der Waals surface area contributed by atoms with Crippen molar-refractivity contribution in [3.8, 4) is 11.3 Å². The number of aryl methyl sites for hydroxylation is 1. The second-order valence-corrected chi connectivity index (χ2v) is 10.2. The summed E-state index contributed by atoms with van der Waals surface area (Å²) in [5.74, 6) is -1.84. The fourth-order valence-electron chi connectivity index (χ4n) is 3.89. The number of fused-ring (bicyclic) bond motifs is 1. The van der Waals surface area contributed by atoms with Crippen LogP contribution in [0.3, 0.4) is 0 Å². The molecule has 2 aliphatic rings. The number of rotatable bonds is 4. The zero-order valence-corrected chi connectivity index (χ0v) is 20.2. The molecule has 2 amide bonds. The fourth-order valence-corrected chi connectivity index (χ4v) is 6.09. The smallest absolute Gasteiger partial charge is 0.480 e. The van der Waals surface area contributed by atoms with Gasteiger partial charge in [-0.25, -0.2) is 4.79 Å². The molecule has 1 aromatic carbocycles. The van der Waals surface area contributed by atoms with Gasteiger partial charge in [0.25, 0.3) is 5.91 Å². The van der Waals surface area contributed by atoms with Crippen molar-refractivity contribution in [1.82, 2.24) is 15.4 Å². The first-order chi connectivity index (χ1) is 14.0. The van der Waals surface area contributed by atoms with Crippen LogP contribution in [-0.2, 0) is 9.59 Å². The van der Waals surface area contributed by atoms with Crippen molar-refractivity contribution in [1.29, 1.82) is 0 Å². The Kier molecular flexibility index (Phi) is 6.44. The third kappa shape index (κ3) is 3.75. The molecular formula is C19H17AlCl2N3O5S+3. The number of hydrogen-bond acceptors (Lipinski definition) is 6. The van der Waals surface area contributed by atoms with E-state index in [0.29, 0.717) is 15.6 Å². The van der Waals surface area contributed by atoms with Crippen molar-refractivity contribution in [2.45, 2.75) is 43.0 Å². The fraction of sp³-hybridized carbons (Fsp3) is 0.368. The maximum atomic E-state index is 13.1. The van der Waals surface area contributed by atoms with E-state index < -0.39 is 40.0 Å². The van der Waals surface area contributed by atoms with Gasteiger partial charge in [-0.1, -0.05) is 34.4 Å². The summed E-state index contributed by atoms with van der Waals surface area (Å²) in [4.78, 5) is 38.7. The summed E-state index contributed by atoms with van der Waals surface area (Å²) in [6.45, 7) is 5.10. The minimum absolute atomic E-state index is 0. The van der Waals surface area contributed by atoms with Gasteiger partial charge in [0.05, 0.1) is 10.0 Å². The van der Waals surface area contributed by atoms with Crippen LogP contribution in [-0.4, -0.2) is 72.5 Å². The second kappa shape index (κ2) is 8.34. The summed E-state index contributed by atoms with van der Waals surface area (Å²) < 4.78 is 4.52. The SMILES string of the molecule is Cc1onc(-c2c(Cl)cccc2Cl)c1C(=O)N[C@@H]1C(=O)N2[C@@H]1SC(C)(C)[C@@H]2C(=O)O.[Al+3]. The van der Waals surface area contributed by atoms with Gasteiger partial charge in [-0.2, -0.15) is 0 Å². The average molecular weight is 497 g/mol. The van der Waals surface area contributed by atoms with Crippen LogP contribution in [0.4, 0.5) is 0 Å². The van der Waals surface area contributed by atoms with E-state index in [1.165, 1.54) is 16.7 Å². The number of aromatic nitrogens is 1. The summed E-state index contributed by atoms with van der Waals surface area (Å²) in [6.07, 6.45) is 0. The number of halogens is 2. The van der Waals surface area contributed by atoms with Crippen molar-refractivity contribution in [2.24, 2.45) is 0 Å². The molecule has 0 bridgehead atoms. The molecule has 158 valence electrons. The summed E-state index contributed by atoms with van der Waals surface area (Å²) in [7, 11) is 0. The Bertz CT molecular complexity index is 1070. The molecule has 2 saturated heterocycles. The quantitative estimate of drug-likeness (QED) is 0.494. The van der Waals surface area contributed by atoms with E-state index >= 15 is 0 Å². The number of carboxylic acid groups (broad SMARTS) is 1. The molecule has 1 aromatic heterocycles. The standard InChI is InChI=1S/C19H17Cl2N3O5S.Al/c1-7-10(12(23-29-7)11-8(20)5-4-6-9(11)21)15(25)22-13-16(26)24-14(18(27)28)19(2,3)30-17(13)24;/h4-6,13-14,17H,1-3H3,(H,22,25)(H,27,28);/q;+3/t13-,14+,17-;/m1./s1. The van der Waals surface area contributed by atoms with Gasteiger partial charge in [0.15, 0.2) is 0 Å². The van der Waals surface area contributed by atoms with Gasteiger partial charge in [-0.05, 0) is 32.9 Å². The zero-order chi connectivity index (χ0) is 22.0. The first-order valence-corrected chi connectivity index (χ1v) is 10.6. The van der Waals surface area contributed by atoms with Crippen LogP contribution in [0, 0.1) is 6.92 Å². The van der Waals surface area contributed by atoms with Gasteiger partial charge in [-0.15, -0.1) is 11.8 Å². The van der Waals surface area contributed by atoms with Gasteiger partial charge in [0.2, 0.25) is 5.91 Å². The number of β-lactam (4-membered cyclic amide) rings is 1. The molecule has 0 saturated carbocycles. The maximum Gasteiger partial charge on any atom is 3.00 e. The van der Waals surface area contributed by atoms with Crippen LogP contribution < -0.4 is 5.32 Å². The molecule has 8 nitrogen and oxygen atoms in total. The molecule has 3 atom stereocenters. The summed E-state index contributed by atoms with van der Waals surface area (Å²) >= 11 is 13.8. The summed E-state index contributed by atoms with van der Waals surface area (Å²) in [5, 5.41) is 16.3. The van der Waals surface area contributed by atoms with Crippen molar-refractivity contribution in [2.75, 3.05) is 0 Å². The molecule has 4 rings (SSSR count). The molecule has 2 fully saturated rings. The Balaban J connectivity index is 0.00000272. The molecular weight excluding hydrogens is 480 g/mol. The van der Waals surface area contributed by atoms with Gasteiger partial charge in [-0.3, -0.25) is 9.59 Å². The van der Waals surface area contributed by atoms with E-state index in [2.05, 4.69) is 10.5 Å². The molecule has 0 radical (unpaired) electrons. The number of carbonyl (C=O) groups excluding carboxylic acids is 2. The van der Waals surface area contributed by atoms with E-state index in [-0.39, 0.29) is 34.4 Å². The Hall–Kier alpha value is -1.70. The molecule has 2 aliphatic heterocycles. The van der Waals surface area contributed by atoms with Crippen molar-refractivity contribution >= 4 is 70.1 Å². The largest absolute Gasteiger partial charge is 3.00 e. The molecule has 12 heteroatoms. The van der Waals surface area contributed by atoms with Gasteiger partial charge >= 0.3 is 23.3 Å².